The maximum absolute atomic E-state index is 13.8. The van der Waals surface area contributed by atoms with Gasteiger partial charge in [-0.25, -0.2) is 15.0 Å². The van der Waals surface area contributed by atoms with Crippen LogP contribution >= 0.6 is 0 Å². The first-order valence-corrected chi connectivity index (χ1v) is 19.1. The molecule has 9 aromatic rings. The number of Topliss-reactive ketones (excluding diaryl/α,β-unsaturated/α-hetero) is 1. The van der Waals surface area contributed by atoms with E-state index in [1.54, 1.807) is 0 Å². The molecule has 0 spiro atoms. The third-order valence-electron chi connectivity index (χ3n) is 10.2. The van der Waals surface area contributed by atoms with E-state index in [-0.39, 0.29) is 12.2 Å². The van der Waals surface area contributed by atoms with Crippen LogP contribution in [0.15, 0.2) is 212 Å². The summed E-state index contributed by atoms with van der Waals surface area (Å²) in [5, 5.41) is 0. The number of aromatic nitrogens is 3. The lowest BCUT2D eigenvalue weighted by atomic mass is 9.87. The van der Waals surface area contributed by atoms with Crippen LogP contribution < -0.4 is 0 Å². The van der Waals surface area contributed by atoms with Crippen molar-refractivity contribution in [2.24, 2.45) is 0 Å². The highest BCUT2D eigenvalue weighted by atomic mass is 16.1. The Morgan fingerprint density at radius 1 is 0.316 bits per heavy atom. The zero-order valence-electron chi connectivity index (χ0n) is 31.2. The summed E-state index contributed by atoms with van der Waals surface area (Å²) in [6.45, 7) is 0. The van der Waals surface area contributed by atoms with Gasteiger partial charge in [0, 0.05) is 28.7 Å². The van der Waals surface area contributed by atoms with Crippen LogP contribution in [0.3, 0.4) is 0 Å². The van der Waals surface area contributed by atoms with Gasteiger partial charge in [0.15, 0.2) is 23.3 Å². The summed E-state index contributed by atoms with van der Waals surface area (Å²) in [6.07, 6.45) is 0.263. The van der Waals surface area contributed by atoms with Crippen molar-refractivity contribution in [3.8, 4) is 78.7 Å². The Kier molecular flexibility index (Phi) is 9.89. The fourth-order valence-corrected chi connectivity index (χ4v) is 7.30. The Morgan fingerprint density at radius 2 is 0.719 bits per heavy atom. The van der Waals surface area contributed by atoms with Crippen molar-refractivity contribution >= 4 is 5.78 Å². The summed E-state index contributed by atoms with van der Waals surface area (Å²) in [6, 6.07) is 72.0. The topological polar surface area (TPSA) is 55.7 Å². The number of carbonyl (C=O) groups is 1. The van der Waals surface area contributed by atoms with E-state index in [4.69, 9.17) is 15.0 Å². The quantitative estimate of drug-likeness (QED) is 0.131. The predicted molar refractivity (Wildman–Crippen MR) is 232 cm³/mol. The normalized spacial score (nSPS) is 10.9. The number of benzene rings is 8. The molecule has 0 saturated heterocycles. The highest BCUT2D eigenvalue weighted by Gasteiger charge is 2.17. The molecule has 0 fully saturated rings. The average molecular weight is 732 g/mol. The van der Waals surface area contributed by atoms with Gasteiger partial charge in [0.1, 0.15) is 0 Å². The zero-order chi connectivity index (χ0) is 38.4. The molecule has 4 nitrogen and oxygen atoms in total. The van der Waals surface area contributed by atoms with Crippen molar-refractivity contribution in [1.82, 2.24) is 15.0 Å². The Hall–Kier alpha value is -7.56. The summed E-state index contributed by atoms with van der Waals surface area (Å²) >= 11 is 0. The summed E-state index contributed by atoms with van der Waals surface area (Å²) in [5.41, 5.74) is 13.1. The molecule has 0 aliphatic carbocycles. The van der Waals surface area contributed by atoms with E-state index < -0.39 is 0 Å². The molecular weight excluding hydrogens is 695 g/mol. The van der Waals surface area contributed by atoms with Crippen LogP contribution in [0.25, 0.3) is 78.7 Å². The number of carbonyl (C=O) groups excluding carboxylic acids is 1. The molecule has 0 aliphatic rings. The smallest absolute Gasteiger partial charge is 0.167 e. The Labute approximate surface area is 332 Å². The molecule has 270 valence electrons. The van der Waals surface area contributed by atoms with Gasteiger partial charge in [0.25, 0.3) is 0 Å². The first-order valence-electron chi connectivity index (χ1n) is 19.1. The number of hydrogen-bond donors (Lipinski definition) is 0. The van der Waals surface area contributed by atoms with Crippen molar-refractivity contribution in [2.45, 2.75) is 6.42 Å². The summed E-state index contributed by atoms with van der Waals surface area (Å²) in [7, 11) is 0. The number of hydrogen-bond acceptors (Lipinski definition) is 4. The van der Waals surface area contributed by atoms with E-state index in [0.29, 0.717) is 23.0 Å². The van der Waals surface area contributed by atoms with Gasteiger partial charge in [0.05, 0.1) is 0 Å². The molecule has 57 heavy (non-hydrogen) atoms. The second kappa shape index (κ2) is 16.0. The van der Waals surface area contributed by atoms with Crippen LogP contribution in [0.2, 0.25) is 0 Å². The van der Waals surface area contributed by atoms with Gasteiger partial charge in [-0.15, -0.1) is 0 Å². The standard InChI is InChI=1S/C53H37N3O/c57-50(39-18-7-2-8-19-39)36-46-35-44(32-33-48(46)49-27-14-13-26-47(49)45-25-15-24-43(34-45)37-16-5-1-6-17-37)38-28-30-42(31-29-38)53-55-51(40-20-9-3-10-21-40)54-52(56-53)41-22-11-4-12-23-41/h1-35H,36H2. The molecule has 0 N–H and O–H groups in total. The fraction of sp³-hybridized carbons (Fsp3) is 0.0189. The minimum Gasteiger partial charge on any atom is -0.294 e. The van der Waals surface area contributed by atoms with E-state index in [1.807, 2.05) is 97.1 Å². The van der Waals surface area contributed by atoms with Crippen molar-refractivity contribution in [1.29, 1.82) is 0 Å². The first kappa shape index (κ1) is 35.2. The molecule has 0 atom stereocenters. The van der Waals surface area contributed by atoms with Crippen molar-refractivity contribution in [3.63, 3.8) is 0 Å². The first-order chi connectivity index (χ1) is 28.2. The van der Waals surface area contributed by atoms with Crippen LogP contribution in [-0.2, 0) is 6.42 Å². The van der Waals surface area contributed by atoms with E-state index >= 15 is 0 Å². The lowest BCUT2D eigenvalue weighted by Crippen LogP contribution is -2.05. The number of rotatable bonds is 10. The van der Waals surface area contributed by atoms with Gasteiger partial charge < -0.3 is 0 Å². The third-order valence-corrected chi connectivity index (χ3v) is 10.2. The average Bonchev–Trinajstić information content (AvgIpc) is 3.30. The molecule has 0 bridgehead atoms. The van der Waals surface area contributed by atoms with Gasteiger partial charge >= 0.3 is 0 Å². The summed E-state index contributed by atoms with van der Waals surface area (Å²) in [4.78, 5) is 28.5. The van der Waals surface area contributed by atoms with Gasteiger partial charge in [0.2, 0.25) is 0 Å². The molecule has 1 aromatic heterocycles. The van der Waals surface area contributed by atoms with E-state index in [9.17, 15) is 4.79 Å². The van der Waals surface area contributed by atoms with Crippen molar-refractivity contribution < 1.29 is 4.79 Å². The molecule has 0 amide bonds. The maximum atomic E-state index is 13.8. The Balaban J connectivity index is 1.10. The minimum atomic E-state index is 0.0752. The van der Waals surface area contributed by atoms with E-state index in [1.165, 1.54) is 5.56 Å². The van der Waals surface area contributed by atoms with Crippen molar-refractivity contribution in [2.75, 3.05) is 0 Å². The zero-order valence-corrected chi connectivity index (χ0v) is 31.2. The molecule has 0 aliphatic heterocycles. The third kappa shape index (κ3) is 7.71. The van der Waals surface area contributed by atoms with E-state index in [2.05, 4.69) is 115 Å². The Morgan fingerprint density at radius 3 is 1.32 bits per heavy atom. The molecule has 0 unspecified atom stereocenters. The second-order valence-corrected chi connectivity index (χ2v) is 13.9. The largest absolute Gasteiger partial charge is 0.294 e. The van der Waals surface area contributed by atoms with E-state index in [0.717, 1.165) is 61.2 Å². The number of nitrogens with zero attached hydrogens (tertiary/aromatic N) is 3. The Bertz CT molecular complexity index is 2750. The SMILES string of the molecule is O=C(Cc1cc(-c2ccc(-c3nc(-c4ccccc4)nc(-c4ccccc4)n3)cc2)ccc1-c1ccccc1-c1cccc(-c2ccccc2)c1)c1ccccc1. The fourth-order valence-electron chi connectivity index (χ4n) is 7.30. The molecule has 0 radical (unpaired) electrons. The highest BCUT2D eigenvalue weighted by molar-refractivity contribution is 5.99. The van der Waals surface area contributed by atoms with Crippen molar-refractivity contribution in [3.05, 3.63) is 223 Å². The highest BCUT2D eigenvalue weighted by Crippen LogP contribution is 2.38. The maximum Gasteiger partial charge on any atom is 0.167 e. The molecule has 0 saturated carbocycles. The summed E-state index contributed by atoms with van der Waals surface area (Å²) < 4.78 is 0. The molecule has 4 heteroatoms. The number of ketones is 1. The molecular formula is C53H37N3O. The van der Waals surface area contributed by atoms with Crippen LogP contribution in [-0.4, -0.2) is 20.7 Å². The molecule has 8 aromatic carbocycles. The molecule has 9 rings (SSSR count). The van der Waals surface area contributed by atoms with Crippen LogP contribution in [0.4, 0.5) is 0 Å². The predicted octanol–water partition coefficient (Wildman–Crippen LogP) is 13.0. The van der Waals surface area contributed by atoms with Gasteiger partial charge in [-0.1, -0.05) is 206 Å². The molecule has 1 heterocycles. The van der Waals surface area contributed by atoms with Crippen LogP contribution in [0.1, 0.15) is 15.9 Å². The van der Waals surface area contributed by atoms with Gasteiger partial charge in [-0.2, -0.15) is 0 Å². The van der Waals surface area contributed by atoms with Crippen LogP contribution in [0, 0.1) is 0 Å². The summed E-state index contributed by atoms with van der Waals surface area (Å²) in [5.74, 6) is 1.93. The minimum absolute atomic E-state index is 0.0752. The second-order valence-electron chi connectivity index (χ2n) is 13.9. The van der Waals surface area contributed by atoms with Gasteiger partial charge in [-0.05, 0) is 56.1 Å². The van der Waals surface area contributed by atoms with Crippen LogP contribution in [0.5, 0.6) is 0 Å². The lowest BCUT2D eigenvalue weighted by Gasteiger charge is -2.17. The lowest BCUT2D eigenvalue weighted by molar-refractivity contribution is 0.0993. The monoisotopic (exact) mass is 731 g/mol. The van der Waals surface area contributed by atoms with Gasteiger partial charge in [-0.3, -0.25) is 4.79 Å².